The van der Waals surface area contributed by atoms with E-state index in [4.69, 9.17) is 0 Å². The van der Waals surface area contributed by atoms with Gasteiger partial charge in [0.25, 0.3) is 5.91 Å². The Hall–Kier alpha value is -3.15. The molecule has 0 aromatic heterocycles. The summed E-state index contributed by atoms with van der Waals surface area (Å²) in [5, 5.41) is 16.4. The lowest BCUT2D eigenvalue weighted by Gasteiger charge is -2.13. The van der Waals surface area contributed by atoms with E-state index in [1.165, 1.54) is 18.2 Å². The quantitative estimate of drug-likeness (QED) is 0.799. The van der Waals surface area contributed by atoms with Crippen LogP contribution in [-0.4, -0.2) is 17.8 Å². The second kappa shape index (κ2) is 8.80. The van der Waals surface area contributed by atoms with Crippen molar-refractivity contribution in [1.29, 1.82) is 0 Å². The highest BCUT2D eigenvalue weighted by Crippen LogP contribution is 2.17. The molecule has 2 rings (SSSR count). The molecule has 0 saturated heterocycles. The zero-order valence-electron chi connectivity index (χ0n) is 14.7. The Morgan fingerprint density at radius 1 is 0.885 bits per heavy atom. The lowest BCUT2D eigenvalue weighted by molar-refractivity contribution is -0.255. The van der Waals surface area contributed by atoms with Gasteiger partial charge in [-0.25, -0.2) is 0 Å². The molecule has 2 aromatic carbocycles. The van der Waals surface area contributed by atoms with Gasteiger partial charge in [0.15, 0.2) is 0 Å². The topological polar surface area (TPSA) is 98.3 Å². The molecule has 6 heteroatoms. The summed E-state index contributed by atoms with van der Waals surface area (Å²) < 4.78 is 0. The molecule has 0 aliphatic rings. The van der Waals surface area contributed by atoms with Crippen molar-refractivity contribution < 1.29 is 19.5 Å². The van der Waals surface area contributed by atoms with Gasteiger partial charge >= 0.3 is 0 Å². The second-order valence-electron chi connectivity index (χ2n) is 5.91. The minimum Gasteiger partial charge on any atom is -0.545 e. The van der Waals surface area contributed by atoms with Crippen LogP contribution in [0.4, 0.5) is 11.4 Å². The van der Waals surface area contributed by atoms with Crippen LogP contribution >= 0.6 is 0 Å². The Balaban J connectivity index is 2.11. The molecule has 0 radical (unpaired) electrons. The van der Waals surface area contributed by atoms with Crippen molar-refractivity contribution in [3.8, 4) is 0 Å². The van der Waals surface area contributed by atoms with Gasteiger partial charge in [-0.2, -0.15) is 0 Å². The molecule has 0 heterocycles. The van der Waals surface area contributed by atoms with E-state index in [-0.39, 0.29) is 17.4 Å². The first-order valence-corrected chi connectivity index (χ1v) is 8.48. The summed E-state index contributed by atoms with van der Waals surface area (Å²) >= 11 is 0. The zero-order chi connectivity index (χ0) is 19.1. The van der Waals surface area contributed by atoms with Gasteiger partial charge in [0.1, 0.15) is 0 Å². The van der Waals surface area contributed by atoms with Crippen molar-refractivity contribution >= 4 is 29.2 Å². The van der Waals surface area contributed by atoms with Crippen LogP contribution in [0.15, 0.2) is 48.5 Å². The molecular weight excluding hydrogens is 332 g/mol. The van der Waals surface area contributed by atoms with E-state index in [1.54, 1.807) is 30.3 Å². The Bertz CT molecular complexity index is 813. The summed E-state index contributed by atoms with van der Waals surface area (Å²) in [6.07, 6.45) is 1.49. The number of carbonyl (C=O) groups is 3. The minimum absolute atomic E-state index is 0.0195. The Labute approximate surface area is 152 Å². The van der Waals surface area contributed by atoms with Crippen molar-refractivity contribution in [3.05, 3.63) is 59.7 Å². The number of hydrogen-bond acceptors (Lipinski definition) is 4. The van der Waals surface area contributed by atoms with Crippen molar-refractivity contribution in [2.24, 2.45) is 5.92 Å². The molecule has 2 aromatic rings. The predicted octanol–water partition coefficient (Wildman–Crippen LogP) is 2.68. The molecule has 0 aliphatic carbocycles. The van der Waals surface area contributed by atoms with Gasteiger partial charge in [0.05, 0.1) is 5.97 Å². The van der Waals surface area contributed by atoms with Crippen LogP contribution in [0.5, 0.6) is 0 Å². The molecule has 0 saturated carbocycles. The molecule has 6 nitrogen and oxygen atoms in total. The normalized spacial score (nSPS) is 10.4. The van der Waals surface area contributed by atoms with Crippen molar-refractivity contribution in [3.63, 3.8) is 0 Å². The standard InChI is InChI=1S/C20H22N2O4/c1-3-13(4-2)18(23)21-16-9-5-7-14(11-16)19(24)22-17-10-6-8-15(12-17)20(25)26/h5-13H,3-4H2,1-2H3,(H,21,23)(H,22,24)(H,25,26)/p-1. The summed E-state index contributed by atoms with van der Waals surface area (Å²) in [6, 6.07) is 12.4. The molecule has 0 aliphatic heterocycles. The number of anilines is 2. The van der Waals surface area contributed by atoms with Crippen molar-refractivity contribution in [2.75, 3.05) is 10.6 Å². The number of amides is 2. The maximum Gasteiger partial charge on any atom is 0.255 e. The largest absolute Gasteiger partial charge is 0.545 e. The highest BCUT2D eigenvalue weighted by atomic mass is 16.4. The number of hydrogen-bond donors (Lipinski definition) is 2. The third-order valence-electron chi connectivity index (χ3n) is 4.10. The fraction of sp³-hybridized carbons (Fsp3) is 0.250. The van der Waals surface area contributed by atoms with Gasteiger partial charge in [-0.05, 0) is 48.7 Å². The van der Waals surface area contributed by atoms with E-state index in [9.17, 15) is 19.5 Å². The molecule has 0 atom stereocenters. The summed E-state index contributed by atoms with van der Waals surface area (Å²) in [5.41, 5.74) is 1.22. The number of benzene rings is 2. The van der Waals surface area contributed by atoms with Crippen molar-refractivity contribution in [2.45, 2.75) is 26.7 Å². The Morgan fingerprint density at radius 3 is 2.00 bits per heavy atom. The third-order valence-corrected chi connectivity index (χ3v) is 4.10. The van der Waals surface area contributed by atoms with E-state index in [0.29, 0.717) is 16.9 Å². The maximum absolute atomic E-state index is 12.4. The Kier molecular flexibility index (Phi) is 6.49. The van der Waals surface area contributed by atoms with E-state index in [2.05, 4.69) is 10.6 Å². The van der Waals surface area contributed by atoms with Gasteiger partial charge in [-0.15, -0.1) is 0 Å². The summed E-state index contributed by atoms with van der Waals surface area (Å²) in [7, 11) is 0. The SMILES string of the molecule is CCC(CC)C(=O)Nc1cccc(C(=O)Nc2cccc(C(=O)[O-])c2)c1. The predicted molar refractivity (Wildman–Crippen MR) is 97.9 cm³/mol. The lowest BCUT2D eigenvalue weighted by Crippen LogP contribution is -2.22. The molecule has 0 fully saturated rings. The van der Waals surface area contributed by atoms with Gasteiger partial charge < -0.3 is 20.5 Å². The van der Waals surface area contributed by atoms with Gasteiger partial charge in [-0.3, -0.25) is 9.59 Å². The van der Waals surface area contributed by atoms with Crippen LogP contribution in [0.25, 0.3) is 0 Å². The van der Waals surface area contributed by atoms with Crippen LogP contribution in [0.3, 0.4) is 0 Å². The van der Waals surface area contributed by atoms with E-state index in [1.807, 2.05) is 13.8 Å². The number of carboxylic acid groups (broad SMARTS) is 1. The maximum atomic E-state index is 12.4. The van der Waals surface area contributed by atoms with Gasteiger partial charge in [0.2, 0.25) is 5.91 Å². The summed E-state index contributed by atoms with van der Waals surface area (Å²) in [4.78, 5) is 35.5. The smallest absolute Gasteiger partial charge is 0.255 e. The number of rotatable bonds is 7. The van der Waals surface area contributed by atoms with E-state index < -0.39 is 11.9 Å². The monoisotopic (exact) mass is 353 g/mol. The molecule has 0 spiro atoms. The molecule has 0 unspecified atom stereocenters. The third kappa shape index (κ3) is 4.92. The molecule has 136 valence electrons. The molecule has 0 bridgehead atoms. The molecular formula is C20H21N2O4-. The van der Waals surface area contributed by atoms with Crippen LogP contribution in [-0.2, 0) is 4.79 Å². The molecule has 2 N–H and O–H groups in total. The van der Waals surface area contributed by atoms with Gasteiger partial charge in [-0.1, -0.05) is 32.0 Å². The zero-order valence-corrected chi connectivity index (χ0v) is 14.7. The highest BCUT2D eigenvalue weighted by molar-refractivity contribution is 6.05. The molecule has 2 amide bonds. The number of carbonyl (C=O) groups excluding carboxylic acids is 3. The Morgan fingerprint density at radius 2 is 1.42 bits per heavy atom. The van der Waals surface area contributed by atoms with Crippen LogP contribution in [0.1, 0.15) is 47.4 Å². The van der Waals surface area contributed by atoms with Crippen LogP contribution < -0.4 is 15.7 Å². The number of carboxylic acids is 1. The first kappa shape index (κ1) is 19.2. The van der Waals surface area contributed by atoms with Crippen LogP contribution in [0, 0.1) is 5.92 Å². The van der Waals surface area contributed by atoms with Crippen molar-refractivity contribution in [1.82, 2.24) is 0 Å². The number of aromatic carboxylic acids is 1. The first-order chi connectivity index (χ1) is 12.4. The van der Waals surface area contributed by atoms with E-state index in [0.717, 1.165) is 12.8 Å². The summed E-state index contributed by atoms with van der Waals surface area (Å²) in [6.45, 7) is 3.91. The second-order valence-corrected chi connectivity index (χ2v) is 5.91. The van der Waals surface area contributed by atoms with Gasteiger partial charge in [0, 0.05) is 22.9 Å². The fourth-order valence-corrected chi connectivity index (χ4v) is 2.57. The van der Waals surface area contributed by atoms with Crippen LogP contribution in [0.2, 0.25) is 0 Å². The first-order valence-electron chi connectivity index (χ1n) is 8.48. The average Bonchev–Trinajstić information content (AvgIpc) is 2.63. The number of nitrogens with one attached hydrogen (secondary N) is 2. The fourth-order valence-electron chi connectivity index (χ4n) is 2.57. The lowest BCUT2D eigenvalue weighted by atomic mass is 10.0. The minimum atomic E-state index is -1.31. The highest BCUT2D eigenvalue weighted by Gasteiger charge is 2.15. The van der Waals surface area contributed by atoms with E-state index >= 15 is 0 Å². The summed E-state index contributed by atoms with van der Waals surface area (Å²) in [5.74, 6) is -1.86. The molecule has 26 heavy (non-hydrogen) atoms. The average molecular weight is 353 g/mol.